The van der Waals surface area contributed by atoms with E-state index in [1.54, 1.807) is 0 Å². The molecule has 0 aliphatic rings. The van der Waals surface area contributed by atoms with Crippen LogP contribution in [0.3, 0.4) is 0 Å². The van der Waals surface area contributed by atoms with E-state index in [-0.39, 0.29) is 0 Å². The fraction of sp³-hybridized carbons (Fsp3) is 0.923. The molecule has 0 aromatic heterocycles. The maximum absolute atomic E-state index is 9.07. The fourth-order valence-electron chi connectivity index (χ4n) is 1.71. The lowest BCUT2D eigenvalue weighted by molar-refractivity contribution is -0.0609. The first-order chi connectivity index (χ1) is 7.31. The highest BCUT2D eigenvalue weighted by molar-refractivity contribution is 4.48. The molecule has 0 aromatic rings. The van der Waals surface area contributed by atoms with E-state index in [0.717, 1.165) is 12.8 Å². The number of aliphatic hydroxyl groups is 1. The molecule has 0 rings (SSSR count). The summed E-state index contributed by atoms with van der Waals surface area (Å²) in [6, 6.07) is 0. The van der Waals surface area contributed by atoms with Crippen molar-refractivity contribution in [3.05, 3.63) is 7.11 Å². The highest BCUT2D eigenvalue weighted by Crippen LogP contribution is 2.11. The second-order valence-corrected chi connectivity index (χ2v) is 4.24. The molecule has 2 heteroatoms. The Bertz CT molecular complexity index is 115. The second-order valence-electron chi connectivity index (χ2n) is 4.24. The zero-order valence-electron chi connectivity index (χ0n) is 10.2. The molecular formula is C13H27O2. The molecule has 15 heavy (non-hydrogen) atoms. The van der Waals surface area contributed by atoms with Crippen LogP contribution in [-0.2, 0) is 4.74 Å². The SMILES string of the molecule is [CH2]OC(O)CCCCCCCCCCC. The van der Waals surface area contributed by atoms with Crippen molar-refractivity contribution in [2.45, 2.75) is 77.4 Å². The maximum Gasteiger partial charge on any atom is 0.154 e. The van der Waals surface area contributed by atoms with Gasteiger partial charge in [-0.1, -0.05) is 58.3 Å². The van der Waals surface area contributed by atoms with Crippen LogP contribution in [0, 0.1) is 7.11 Å². The van der Waals surface area contributed by atoms with Crippen molar-refractivity contribution in [2.24, 2.45) is 0 Å². The predicted molar refractivity (Wildman–Crippen MR) is 64.3 cm³/mol. The van der Waals surface area contributed by atoms with E-state index < -0.39 is 6.29 Å². The van der Waals surface area contributed by atoms with Gasteiger partial charge in [-0.2, -0.15) is 0 Å². The Morgan fingerprint density at radius 2 is 1.40 bits per heavy atom. The lowest BCUT2D eigenvalue weighted by Gasteiger charge is -2.07. The van der Waals surface area contributed by atoms with Crippen molar-refractivity contribution in [3.63, 3.8) is 0 Å². The fourth-order valence-corrected chi connectivity index (χ4v) is 1.71. The third-order valence-corrected chi connectivity index (χ3v) is 2.75. The minimum atomic E-state index is -0.658. The number of hydrogen-bond acceptors (Lipinski definition) is 2. The molecule has 0 heterocycles. The van der Waals surface area contributed by atoms with Crippen LogP contribution in [0.5, 0.6) is 0 Å². The predicted octanol–water partition coefficient (Wildman–Crippen LogP) is 4.03. The molecule has 0 amide bonds. The van der Waals surface area contributed by atoms with Crippen molar-refractivity contribution in [1.82, 2.24) is 0 Å². The Morgan fingerprint density at radius 1 is 0.933 bits per heavy atom. The van der Waals surface area contributed by atoms with E-state index in [1.165, 1.54) is 51.4 Å². The summed E-state index contributed by atoms with van der Waals surface area (Å²) < 4.78 is 4.53. The molecule has 1 radical (unpaired) electrons. The Morgan fingerprint density at radius 3 is 1.87 bits per heavy atom. The molecule has 1 N–H and O–H groups in total. The molecule has 0 aliphatic heterocycles. The molecule has 0 spiro atoms. The molecule has 2 nitrogen and oxygen atoms in total. The van der Waals surface area contributed by atoms with Crippen LogP contribution >= 0.6 is 0 Å². The standard InChI is InChI=1S/C13H27O2/c1-3-4-5-6-7-8-9-10-11-12-13(14)15-2/h13-14H,2-12H2,1H3. The van der Waals surface area contributed by atoms with E-state index in [0.29, 0.717) is 0 Å². The lowest BCUT2D eigenvalue weighted by Crippen LogP contribution is -2.06. The van der Waals surface area contributed by atoms with Gasteiger partial charge in [0.1, 0.15) is 0 Å². The van der Waals surface area contributed by atoms with Crippen LogP contribution in [0.15, 0.2) is 0 Å². The largest absolute Gasteiger partial charge is 0.368 e. The van der Waals surface area contributed by atoms with Gasteiger partial charge >= 0.3 is 0 Å². The van der Waals surface area contributed by atoms with Crippen LogP contribution in [0.4, 0.5) is 0 Å². The molecule has 0 bridgehead atoms. The Balaban J connectivity index is 2.92. The number of unbranched alkanes of at least 4 members (excludes halogenated alkanes) is 8. The molecule has 0 fully saturated rings. The highest BCUT2D eigenvalue weighted by Gasteiger charge is 1.99. The van der Waals surface area contributed by atoms with Gasteiger partial charge in [-0.3, -0.25) is 0 Å². The number of aliphatic hydroxyl groups excluding tert-OH is 1. The molecule has 0 aliphatic carbocycles. The van der Waals surface area contributed by atoms with Crippen LogP contribution < -0.4 is 0 Å². The van der Waals surface area contributed by atoms with Crippen LogP contribution in [-0.4, -0.2) is 11.4 Å². The van der Waals surface area contributed by atoms with E-state index in [2.05, 4.69) is 18.8 Å². The van der Waals surface area contributed by atoms with Crippen molar-refractivity contribution >= 4 is 0 Å². The maximum atomic E-state index is 9.07. The van der Waals surface area contributed by atoms with Gasteiger partial charge in [0.25, 0.3) is 0 Å². The lowest BCUT2D eigenvalue weighted by atomic mass is 10.1. The molecule has 0 saturated heterocycles. The van der Waals surface area contributed by atoms with Gasteiger partial charge in [-0.05, 0) is 12.8 Å². The third-order valence-electron chi connectivity index (χ3n) is 2.75. The summed E-state index contributed by atoms with van der Waals surface area (Å²) in [5.41, 5.74) is 0. The normalized spacial score (nSPS) is 13.0. The molecule has 91 valence electrons. The highest BCUT2D eigenvalue weighted by atomic mass is 16.6. The van der Waals surface area contributed by atoms with Gasteiger partial charge in [-0.15, -0.1) is 0 Å². The van der Waals surface area contributed by atoms with Crippen LogP contribution in [0.2, 0.25) is 0 Å². The first-order valence-electron chi connectivity index (χ1n) is 6.40. The Labute approximate surface area is 95.0 Å². The summed E-state index contributed by atoms with van der Waals surface area (Å²) in [5, 5.41) is 9.07. The summed E-state index contributed by atoms with van der Waals surface area (Å²) in [4.78, 5) is 0. The number of rotatable bonds is 11. The van der Waals surface area contributed by atoms with Crippen molar-refractivity contribution < 1.29 is 9.84 Å². The van der Waals surface area contributed by atoms with Gasteiger partial charge in [0.05, 0.1) is 7.11 Å². The van der Waals surface area contributed by atoms with E-state index >= 15 is 0 Å². The molecule has 1 atom stereocenters. The monoisotopic (exact) mass is 215 g/mol. The Hall–Kier alpha value is -0.0800. The smallest absolute Gasteiger partial charge is 0.154 e. The van der Waals surface area contributed by atoms with Gasteiger partial charge < -0.3 is 9.84 Å². The van der Waals surface area contributed by atoms with Crippen molar-refractivity contribution in [3.8, 4) is 0 Å². The van der Waals surface area contributed by atoms with E-state index in [1.807, 2.05) is 0 Å². The minimum absolute atomic E-state index is 0.658. The topological polar surface area (TPSA) is 29.5 Å². The number of ether oxygens (including phenoxy) is 1. The zero-order chi connectivity index (χ0) is 11.4. The van der Waals surface area contributed by atoms with Crippen LogP contribution in [0.25, 0.3) is 0 Å². The number of hydrogen-bond donors (Lipinski definition) is 1. The van der Waals surface area contributed by atoms with Crippen molar-refractivity contribution in [1.29, 1.82) is 0 Å². The first-order valence-corrected chi connectivity index (χ1v) is 6.40. The minimum Gasteiger partial charge on any atom is -0.368 e. The summed E-state index contributed by atoms with van der Waals surface area (Å²) in [6.45, 7) is 2.25. The molecular weight excluding hydrogens is 188 g/mol. The summed E-state index contributed by atoms with van der Waals surface area (Å²) in [7, 11) is 3.19. The first kappa shape index (κ1) is 14.9. The summed E-state index contributed by atoms with van der Waals surface area (Å²) >= 11 is 0. The van der Waals surface area contributed by atoms with Crippen molar-refractivity contribution in [2.75, 3.05) is 0 Å². The Kier molecular flexibility index (Phi) is 11.9. The summed E-state index contributed by atoms with van der Waals surface area (Å²) in [6.07, 6.45) is 11.8. The molecule has 0 aromatic carbocycles. The second kappa shape index (κ2) is 12.0. The van der Waals surface area contributed by atoms with Gasteiger partial charge in [0.2, 0.25) is 0 Å². The zero-order valence-corrected chi connectivity index (χ0v) is 10.2. The summed E-state index contributed by atoms with van der Waals surface area (Å²) in [5.74, 6) is 0. The average molecular weight is 215 g/mol. The van der Waals surface area contributed by atoms with E-state index in [9.17, 15) is 0 Å². The van der Waals surface area contributed by atoms with Gasteiger partial charge in [-0.25, -0.2) is 0 Å². The van der Waals surface area contributed by atoms with Gasteiger partial charge in [0.15, 0.2) is 6.29 Å². The van der Waals surface area contributed by atoms with Crippen LogP contribution in [0.1, 0.15) is 71.1 Å². The third kappa shape index (κ3) is 11.8. The quantitative estimate of drug-likeness (QED) is 0.416. The van der Waals surface area contributed by atoms with Gasteiger partial charge in [0, 0.05) is 0 Å². The molecule has 0 saturated carbocycles. The molecule has 1 unspecified atom stereocenters. The average Bonchev–Trinajstić information content (AvgIpc) is 2.26. The van der Waals surface area contributed by atoms with E-state index in [4.69, 9.17) is 5.11 Å².